The van der Waals surface area contributed by atoms with E-state index >= 15 is 0 Å². The second kappa shape index (κ2) is 6.93. The van der Waals surface area contributed by atoms with Crippen molar-refractivity contribution in [3.63, 3.8) is 0 Å². The maximum Gasteiger partial charge on any atom is 0.108 e. The molecule has 0 saturated carbocycles. The lowest BCUT2D eigenvalue weighted by Crippen LogP contribution is -2.23. The van der Waals surface area contributed by atoms with Crippen LogP contribution >= 0.6 is 0 Å². The van der Waals surface area contributed by atoms with Crippen LogP contribution in [-0.4, -0.2) is 31.3 Å². The number of nitrogens with zero attached hydrogens (tertiary/aromatic N) is 5. The van der Waals surface area contributed by atoms with Crippen LogP contribution in [-0.2, 0) is 6.54 Å². The van der Waals surface area contributed by atoms with Crippen LogP contribution in [0.4, 0.5) is 0 Å². The molecule has 5 nitrogen and oxygen atoms in total. The summed E-state index contributed by atoms with van der Waals surface area (Å²) in [4.78, 5) is 6.74. The Morgan fingerprint density at radius 1 is 0.963 bits per heavy atom. The van der Waals surface area contributed by atoms with E-state index in [1.54, 1.807) is 0 Å². The summed E-state index contributed by atoms with van der Waals surface area (Å²) in [5.74, 6) is 0. The van der Waals surface area contributed by atoms with Crippen LogP contribution in [0.5, 0.6) is 0 Å². The molecule has 1 aliphatic heterocycles. The Hall–Kier alpha value is -3.05. The maximum atomic E-state index is 4.56. The van der Waals surface area contributed by atoms with Crippen LogP contribution in [0.1, 0.15) is 30.1 Å². The predicted molar refractivity (Wildman–Crippen MR) is 105 cm³/mol. The molecule has 5 heteroatoms. The summed E-state index contributed by atoms with van der Waals surface area (Å²) in [7, 11) is 0. The molecule has 5 rings (SSSR count). The minimum Gasteiger partial charge on any atom is -0.290 e. The van der Waals surface area contributed by atoms with Crippen LogP contribution in [0.25, 0.3) is 16.6 Å². The molecular formula is C22H21N5. The molecule has 4 heterocycles. The van der Waals surface area contributed by atoms with E-state index in [2.05, 4.69) is 68.9 Å². The molecule has 0 radical (unpaired) electrons. The van der Waals surface area contributed by atoms with Crippen LogP contribution in [0.3, 0.4) is 0 Å². The van der Waals surface area contributed by atoms with Crippen molar-refractivity contribution in [3.05, 3.63) is 84.4 Å². The maximum absolute atomic E-state index is 4.56. The van der Waals surface area contributed by atoms with E-state index in [-0.39, 0.29) is 0 Å². The molecule has 0 amide bonds. The highest BCUT2D eigenvalue weighted by atomic mass is 15.4. The lowest BCUT2D eigenvalue weighted by atomic mass is 10.1. The van der Waals surface area contributed by atoms with Crippen molar-refractivity contribution in [1.29, 1.82) is 0 Å². The molecule has 0 N–H and O–H groups in total. The van der Waals surface area contributed by atoms with Crippen molar-refractivity contribution in [2.45, 2.75) is 25.4 Å². The Morgan fingerprint density at radius 2 is 1.89 bits per heavy atom. The minimum absolute atomic E-state index is 0.310. The molecule has 0 bridgehead atoms. The van der Waals surface area contributed by atoms with Crippen LogP contribution in [0.2, 0.25) is 0 Å². The van der Waals surface area contributed by atoms with Crippen LogP contribution in [0.15, 0.2) is 73.2 Å². The molecule has 134 valence electrons. The molecule has 1 aromatic carbocycles. The highest BCUT2D eigenvalue weighted by Gasteiger charge is 2.29. The standard InChI is InChI=1S/C22H21N5/c1-2-7-18(8-3-1)19-10-11-21-22(24-25-27(21)16-19)20-9-5-13-26(20)15-17-6-4-12-23-14-17/h1-4,6-8,10-12,14,16,20H,5,9,13,15H2. The number of pyridine rings is 2. The normalized spacial score (nSPS) is 17.6. The van der Waals surface area contributed by atoms with Crippen molar-refractivity contribution >= 4 is 5.52 Å². The van der Waals surface area contributed by atoms with E-state index in [0.29, 0.717) is 6.04 Å². The third kappa shape index (κ3) is 3.11. The summed E-state index contributed by atoms with van der Waals surface area (Å²) in [5, 5.41) is 8.98. The van der Waals surface area contributed by atoms with Gasteiger partial charge in [-0.25, -0.2) is 4.52 Å². The Labute approximate surface area is 158 Å². The van der Waals surface area contributed by atoms with Gasteiger partial charge in [-0.05, 0) is 42.6 Å². The first kappa shape index (κ1) is 16.1. The zero-order valence-electron chi connectivity index (χ0n) is 15.1. The molecule has 4 aromatic rings. The van der Waals surface area contributed by atoms with E-state index in [0.717, 1.165) is 36.3 Å². The third-order valence-electron chi connectivity index (χ3n) is 5.34. The third-order valence-corrected chi connectivity index (χ3v) is 5.34. The number of aromatic nitrogens is 4. The van der Waals surface area contributed by atoms with Gasteiger partial charge in [0.2, 0.25) is 0 Å². The summed E-state index contributed by atoms with van der Waals surface area (Å²) in [6.07, 6.45) is 8.15. The van der Waals surface area contributed by atoms with Gasteiger partial charge in [0.25, 0.3) is 0 Å². The monoisotopic (exact) mass is 355 g/mol. The summed E-state index contributed by atoms with van der Waals surface area (Å²) in [5.41, 5.74) is 5.76. The topological polar surface area (TPSA) is 46.3 Å². The Kier molecular flexibility index (Phi) is 4.14. The summed E-state index contributed by atoms with van der Waals surface area (Å²) < 4.78 is 1.91. The number of likely N-dealkylation sites (tertiary alicyclic amines) is 1. The quantitative estimate of drug-likeness (QED) is 0.552. The van der Waals surface area contributed by atoms with E-state index in [1.807, 2.05) is 29.0 Å². The van der Waals surface area contributed by atoms with Gasteiger partial charge in [0.1, 0.15) is 5.69 Å². The van der Waals surface area contributed by atoms with Crippen molar-refractivity contribution < 1.29 is 0 Å². The first-order valence-corrected chi connectivity index (χ1v) is 9.42. The fraction of sp³-hybridized carbons (Fsp3) is 0.227. The molecular weight excluding hydrogens is 334 g/mol. The molecule has 27 heavy (non-hydrogen) atoms. The Morgan fingerprint density at radius 3 is 2.74 bits per heavy atom. The summed E-state index contributed by atoms with van der Waals surface area (Å²) >= 11 is 0. The first-order chi connectivity index (χ1) is 13.4. The molecule has 1 aliphatic rings. The number of fused-ring (bicyclic) bond motifs is 1. The van der Waals surface area contributed by atoms with E-state index in [4.69, 9.17) is 0 Å². The van der Waals surface area contributed by atoms with Gasteiger partial charge in [0, 0.05) is 30.7 Å². The van der Waals surface area contributed by atoms with E-state index in [1.165, 1.54) is 17.5 Å². The lowest BCUT2D eigenvalue weighted by molar-refractivity contribution is 0.245. The van der Waals surface area contributed by atoms with Crippen molar-refractivity contribution in [2.24, 2.45) is 0 Å². The molecule has 1 saturated heterocycles. The predicted octanol–water partition coefficient (Wildman–Crippen LogP) is 4.13. The second-order valence-electron chi connectivity index (χ2n) is 7.08. The van der Waals surface area contributed by atoms with Crippen molar-refractivity contribution in [3.8, 4) is 11.1 Å². The van der Waals surface area contributed by atoms with Gasteiger partial charge in [-0.15, -0.1) is 5.10 Å². The van der Waals surface area contributed by atoms with Gasteiger partial charge in [0.05, 0.1) is 11.6 Å². The zero-order chi connectivity index (χ0) is 18.1. The lowest BCUT2D eigenvalue weighted by Gasteiger charge is -2.22. The van der Waals surface area contributed by atoms with Gasteiger partial charge in [-0.2, -0.15) is 0 Å². The highest BCUT2D eigenvalue weighted by molar-refractivity contribution is 5.66. The average molecular weight is 355 g/mol. The molecule has 1 fully saturated rings. The summed E-state index contributed by atoms with van der Waals surface area (Å²) in [6.45, 7) is 1.99. The van der Waals surface area contributed by atoms with Gasteiger partial charge in [-0.3, -0.25) is 9.88 Å². The van der Waals surface area contributed by atoms with Gasteiger partial charge < -0.3 is 0 Å². The number of rotatable bonds is 4. The molecule has 1 atom stereocenters. The SMILES string of the molecule is c1ccc(-c2ccc3c(C4CCCN4Cc4cccnc4)nnn3c2)cc1. The molecule has 0 spiro atoms. The summed E-state index contributed by atoms with van der Waals surface area (Å²) in [6, 6.07) is 19.1. The average Bonchev–Trinajstić information content (AvgIpc) is 3.35. The van der Waals surface area contributed by atoms with Crippen molar-refractivity contribution in [2.75, 3.05) is 6.54 Å². The zero-order valence-corrected chi connectivity index (χ0v) is 15.1. The molecule has 3 aromatic heterocycles. The van der Waals surface area contributed by atoms with Gasteiger partial charge in [-0.1, -0.05) is 47.7 Å². The fourth-order valence-corrected chi connectivity index (χ4v) is 4.00. The van der Waals surface area contributed by atoms with Gasteiger partial charge in [0.15, 0.2) is 0 Å². The van der Waals surface area contributed by atoms with Gasteiger partial charge >= 0.3 is 0 Å². The van der Waals surface area contributed by atoms with Crippen LogP contribution < -0.4 is 0 Å². The number of hydrogen-bond donors (Lipinski definition) is 0. The first-order valence-electron chi connectivity index (χ1n) is 9.42. The van der Waals surface area contributed by atoms with Crippen LogP contribution in [0, 0.1) is 0 Å². The molecule has 1 unspecified atom stereocenters. The Balaban J connectivity index is 1.46. The largest absolute Gasteiger partial charge is 0.290 e. The van der Waals surface area contributed by atoms with E-state index in [9.17, 15) is 0 Å². The minimum atomic E-state index is 0.310. The second-order valence-corrected chi connectivity index (χ2v) is 7.08. The Bertz CT molecular complexity index is 1040. The number of benzene rings is 1. The highest BCUT2D eigenvalue weighted by Crippen LogP contribution is 2.34. The number of hydrogen-bond acceptors (Lipinski definition) is 4. The van der Waals surface area contributed by atoms with Crippen molar-refractivity contribution in [1.82, 2.24) is 24.7 Å². The molecule has 0 aliphatic carbocycles. The smallest absolute Gasteiger partial charge is 0.108 e. The van der Waals surface area contributed by atoms with E-state index < -0.39 is 0 Å². The fourth-order valence-electron chi connectivity index (χ4n) is 4.00.